The highest BCUT2D eigenvalue weighted by atomic mass is 35.5. The van der Waals surface area contributed by atoms with E-state index in [1.54, 1.807) is 14.0 Å². The normalized spacial score (nSPS) is 12.0. The number of rotatable bonds is 11. The number of sulfonamides is 1. The van der Waals surface area contributed by atoms with E-state index in [-0.39, 0.29) is 17.9 Å². The van der Waals surface area contributed by atoms with Crippen molar-refractivity contribution in [3.05, 3.63) is 88.6 Å². The molecule has 2 N–H and O–H groups in total. The average molecular weight is 581 g/mol. The first-order valence-corrected chi connectivity index (χ1v) is 14.3. The molecule has 0 aliphatic heterocycles. The summed E-state index contributed by atoms with van der Waals surface area (Å²) >= 11 is 6.05. The van der Waals surface area contributed by atoms with E-state index in [0.29, 0.717) is 28.6 Å². The summed E-state index contributed by atoms with van der Waals surface area (Å²) in [5, 5.41) is 11.5. The number of carbonyl (C=O) groups is 1. The highest BCUT2D eigenvalue weighted by Gasteiger charge is 2.28. The van der Waals surface area contributed by atoms with Gasteiger partial charge in [0, 0.05) is 34.6 Å². The van der Waals surface area contributed by atoms with Gasteiger partial charge in [-0.15, -0.1) is 5.92 Å². The zero-order valence-corrected chi connectivity index (χ0v) is 23.8. The molecule has 0 radical (unpaired) electrons. The van der Waals surface area contributed by atoms with Crippen LogP contribution in [-0.4, -0.2) is 43.8 Å². The Hall–Kier alpha value is -3.97. The minimum absolute atomic E-state index is 0.0729. The summed E-state index contributed by atoms with van der Waals surface area (Å²) in [6.07, 6.45) is -0.0748. The van der Waals surface area contributed by atoms with E-state index in [9.17, 15) is 18.3 Å². The molecule has 3 aromatic carbocycles. The predicted octanol–water partition coefficient (Wildman–Crippen LogP) is 5.04. The number of nitrogens with one attached hydrogen (secondary N) is 1. The Bertz CT molecular complexity index is 1680. The number of carboxylic acids is 1. The number of ether oxygens (including phenoxy) is 2. The molecule has 4 rings (SSSR count). The van der Waals surface area contributed by atoms with Crippen LogP contribution in [-0.2, 0) is 27.8 Å². The SMILES string of the molecule is CC#CCOc1ccc(S(=O)(=O)N[C@@H](Cc2c(C)n(Cc3ccc(Cl)cc3)c3ccc(OC)cc23)C(=O)O)cc1. The summed E-state index contributed by atoms with van der Waals surface area (Å²) in [7, 11) is -2.59. The fourth-order valence-corrected chi connectivity index (χ4v) is 5.75. The lowest BCUT2D eigenvalue weighted by atomic mass is 10.0. The van der Waals surface area contributed by atoms with Crippen molar-refractivity contribution in [2.75, 3.05) is 13.7 Å². The van der Waals surface area contributed by atoms with Crippen molar-refractivity contribution in [3.63, 3.8) is 0 Å². The number of methoxy groups -OCH3 is 1. The van der Waals surface area contributed by atoms with Crippen LogP contribution in [0.15, 0.2) is 71.6 Å². The Kier molecular flexibility index (Phi) is 9.05. The van der Waals surface area contributed by atoms with E-state index < -0.39 is 22.0 Å². The molecule has 1 aromatic heterocycles. The van der Waals surface area contributed by atoms with Crippen LogP contribution < -0.4 is 14.2 Å². The fraction of sp³-hybridized carbons (Fsp3) is 0.233. The Morgan fingerprint density at radius 3 is 2.38 bits per heavy atom. The second-order valence-electron chi connectivity index (χ2n) is 9.06. The third-order valence-electron chi connectivity index (χ3n) is 6.54. The smallest absolute Gasteiger partial charge is 0.322 e. The van der Waals surface area contributed by atoms with Gasteiger partial charge in [-0.2, -0.15) is 4.72 Å². The van der Waals surface area contributed by atoms with Gasteiger partial charge in [-0.3, -0.25) is 4.79 Å². The number of aromatic nitrogens is 1. The summed E-state index contributed by atoms with van der Waals surface area (Å²) in [5.41, 5.74) is 3.41. The van der Waals surface area contributed by atoms with Gasteiger partial charge < -0.3 is 19.1 Å². The van der Waals surface area contributed by atoms with Crippen LogP contribution in [0.5, 0.6) is 11.5 Å². The first-order chi connectivity index (χ1) is 19.1. The molecule has 0 spiro atoms. The van der Waals surface area contributed by atoms with E-state index in [4.69, 9.17) is 21.1 Å². The second kappa shape index (κ2) is 12.5. The molecule has 1 atom stereocenters. The molecule has 0 aliphatic rings. The Balaban J connectivity index is 1.66. The standard InChI is InChI=1S/C30H29ClN2O6S/c1-4-5-16-39-23-10-13-25(14-11-23)40(36,37)32-28(30(34)35)18-26-20(2)33(19-21-6-8-22(31)9-7-21)29-15-12-24(38-3)17-27(26)29/h6-15,17,28,32H,16,18-19H2,1-3H3,(H,34,35)/t28-/m0/s1. The van der Waals surface area contributed by atoms with Crippen molar-refractivity contribution >= 4 is 38.5 Å². The van der Waals surface area contributed by atoms with Crippen LogP contribution in [0.3, 0.4) is 0 Å². The summed E-state index contributed by atoms with van der Waals surface area (Å²) in [5.74, 6) is 5.25. The number of nitrogens with zero attached hydrogens (tertiary/aromatic N) is 1. The van der Waals surface area contributed by atoms with Crippen molar-refractivity contribution in [2.45, 2.75) is 37.8 Å². The van der Waals surface area contributed by atoms with Crippen molar-refractivity contribution in [1.29, 1.82) is 0 Å². The van der Waals surface area contributed by atoms with Gasteiger partial charge in [0.1, 0.15) is 24.1 Å². The van der Waals surface area contributed by atoms with Crippen molar-refractivity contribution in [1.82, 2.24) is 9.29 Å². The van der Waals surface area contributed by atoms with E-state index in [0.717, 1.165) is 22.2 Å². The Morgan fingerprint density at radius 1 is 1.07 bits per heavy atom. The fourth-order valence-electron chi connectivity index (χ4n) is 4.44. The lowest BCUT2D eigenvalue weighted by Gasteiger charge is -2.16. The van der Waals surface area contributed by atoms with Crippen LogP contribution in [0.25, 0.3) is 10.9 Å². The molecule has 0 saturated carbocycles. The third-order valence-corrected chi connectivity index (χ3v) is 8.28. The van der Waals surface area contributed by atoms with Gasteiger partial charge in [-0.25, -0.2) is 8.42 Å². The molecule has 0 unspecified atom stereocenters. The van der Waals surface area contributed by atoms with Gasteiger partial charge in [0.2, 0.25) is 10.0 Å². The quantitative estimate of drug-likeness (QED) is 0.241. The topological polar surface area (TPSA) is 107 Å². The number of aliphatic carboxylic acids is 1. The summed E-state index contributed by atoms with van der Waals surface area (Å²) in [6.45, 7) is 4.29. The summed E-state index contributed by atoms with van der Waals surface area (Å²) in [6, 6.07) is 17.4. The van der Waals surface area contributed by atoms with E-state index >= 15 is 0 Å². The van der Waals surface area contributed by atoms with Gasteiger partial charge in [-0.1, -0.05) is 29.7 Å². The van der Waals surface area contributed by atoms with Gasteiger partial charge in [0.05, 0.1) is 12.0 Å². The molecule has 0 aliphatic carbocycles. The molecule has 208 valence electrons. The van der Waals surface area contributed by atoms with Crippen molar-refractivity contribution in [2.24, 2.45) is 0 Å². The van der Waals surface area contributed by atoms with Crippen LogP contribution in [0.2, 0.25) is 5.02 Å². The van der Waals surface area contributed by atoms with Crippen molar-refractivity contribution < 1.29 is 27.8 Å². The highest BCUT2D eigenvalue weighted by molar-refractivity contribution is 7.89. The average Bonchev–Trinajstić information content (AvgIpc) is 3.19. The maximum Gasteiger partial charge on any atom is 0.322 e. The Morgan fingerprint density at radius 2 is 1.75 bits per heavy atom. The number of hydrogen-bond donors (Lipinski definition) is 2. The number of fused-ring (bicyclic) bond motifs is 1. The first kappa shape index (κ1) is 29.0. The van der Waals surface area contributed by atoms with Gasteiger partial charge >= 0.3 is 5.97 Å². The predicted molar refractivity (Wildman–Crippen MR) is 155 cm³/mol. The van der Waals surface area contributed by atoms with Gasteiger partial charge in [0.25, 0.3) is 0 Å². The minimum Gasteiger partial charge on any atom is -0.497 e. The lowest BCUT2D eigenvalue weighted by Crippen LogP contribution is -2.42. The molecule has 0 saturated heterocycles. The number of hydrogen-bond acceptors (Lipinski definition) is 5. The van der Waals surface area contributed by atoms with Crippen LogP contribution in [0, 0.1) is 18.8 Å². The molecular formula is C30H29ClN2O6S. The molecule has 0 amide bonds. The third kappa shape index (κ3) is 6.59. The van der Waals surface area contributed by atoms with E-state index in [1.165, 1.54) is 24.3 Å². The molecule has 8 nitrogen and oxygen atoms in total. The monoisotopic (exact) mass is 580 g/mol. The van der Waals surface area contributed by atoms with Gasteiger partial charge in [-0.05, 0) is 79.6 Å². The van der Waals surface area contributed by atoms with Crippen LogP contribution >= 0.6 is 11.6 Å². The number of carboxylic acid groups (broad SMARTS) is 1. The van der Waals surface area contributed by atoms with E-state index in [1.807, 2.05) is 49.4 Å². The number of benzene rings is 3. The maximum absolute atomic E-state index is 13.2. The molecule has 10 heteroatoms. The molecule has 40 heavy (non-hydrogen) atoms. The zero-order chi connectivity index (χ0) is 28.9. The zero-order valence-electron chi connectivity index (χ0n) is 22.3. The first-order valence-electron chi connectivity index (χ1n) is 12.4. The van der Waals surface area contributed by atoms with Crippen LogP contribution in [0.4, 0.5) is 0 Å². The summed E-state index contributed by atoms with van der Waals surface area (Å²) in [4.78, 5) is 12.2. The lowest BCUT2D eigenvalue weighted by molar-refractivity contribution is -0.138. The molecule has 0 bridgehead atoms. The largest absolute Gasteiger partial charge is 0.497 e. The van der Waals surface area contributed by atoms with Gasteiger partial charge in [0.15, 0.2) is 0 Å². The second-order valence-corrected chi connectivity index (χ2v) is 11.2. The minimum atomic E-state index is -4.15. The molecule has 0 fully saturated rings. The molecular weight excluding hydrogens is 552 g/mol. The van der Waals surface area contributed by atoms with E-state index in [2.05, 4.69) is 21.1 Å². The Labute approximate surface area is 238 Å². The van der Waals surface area contributed by atoms with Crippen LogP contribution in [0.1, 0.15) is 23.7 Å². The van der Waals surface area contributed by atoms with Crippen molar-refractivity contribution in [3.8, 4) is 23.3 Å². The summed E-state index contributed by atoms with van der Waals surface area (Å²) < 4.78 is 41.6. The molecule has 4 aromatic rings. The number of halogens is 1. The molecule has 1 heterocycles. The highest BCUT2D eigenvalue weighted by Crippen LogP contribution is 2.31. The maximum atomic E-state index is 13.2.